The Kier molecular flexibility index (Phi) is 1.64. The number of nitrogens with zero attached hydrogens (tertiary/aromatic N) is 3. The van der Waals surface area contributed by atoms with Gasteiger partial charge in [0.05, 0.1) is 11.7 Å². The molecule has 0 spiro atoms. The van der Waals surface area contributed by atoms with E-state index in [-0.39, 0.29) is 0 Å². The average Bonchev–Trinajstić information content (AvgIpc) is 2.89. The largest absolute Gasteiger partial charge is 0.320 e. The maximum absolute atomic E-state index is 4.15. The van der Waals surface area contributed by atoms with E-state index in [0.717, 1.165) is 16.7 Å². The van der Waals surface area contributed by atoms with E-state index in [2.05, 4.69) is 30.9 Å². The Morgan fingerprint density at radius 3 is 2.93 bits per heavy atom. The molecule has 0 unspecified atom stereocenters. The summed E-state index contributed by atoms with van der Waals surface area (Å²) in [6.07, 6.45) is 1.60. The maximum Gasteiger partial charge on any atom is 0.173 e. The van der Waals surface area contributed by atoms with Crippen LogP contribution in [0.2, 0.25) is 0 Å². The van der Waals surface area contributed by atoms with Crippen molar-refractivity contribution in [2.45, 2.75) is 0 Å². The molecule has 0 saturated heterocycles. The Hall–Kier alpha value is -2.37. The van der Waals surface area contributed by atoms with E-state index < -0.39 is 0 Å². The molecule has 0 atom stereocenters. The van der Waals surface area contributed by atoms with Crippen molar-refractivity contribution in [3.63, 3.8) is 0 Å². The topological polar surface area (TPSA) is 82.3 Å². The molecule has 0 bridgehead atoms. The molecule has 0 aliphatic rings. The van der Waals surface area contributed by atoms with Gasteiger partial charge in [0.2, 0.25) is 0 Å². The van der Waals surface area contributed by atoms with Crippen molar-refractivity contribution in [3.05, 3.63) is 30.5 Å². The monoisotopic (exact) mass is 200 g/mol. The summed E-state index contributed by atoms with van der Waals surface area (Å²) in [5.74, 6) is 1.40. The summed E-state index contributed by atoms with van der Waals surface area (Å²) >= 11 is 0. The van der Waals surface area contributed by atoms with Gasteiger partial charge in [-0.15, -0.1) is 5.10 Å². The van der Waals surface area contributed by atoms with Crippen molar-refractivity contribution in [2.24, 2.45) is 0 Å². The number of fused-ring (bicyclic) bond motifs is 1. The lowest BCUT2D eigenvalue weighted by atomic mass is 10.2. The summed E-state index contributed by atoms with van der Waals surface area (Å²) < 4.78 is 0. The molecule has 0 amide bonds. The highest BCUT2D eigenvalue weighted by atomic mass is 15.4. The lowest BCUT2D eigenvalue weighted by Crippen LogP contribution is -1.91. The number of H-pyrrole nitrogens is 2. The van der Waals surface area contributed by atoms with Crippen LogP contribution in [0.25, 0.3) is 10.9 Å². The van der Waals surface area contributed by atoms with E-state index in [1.165, 1.54) is 0 Å². The van der Waals surface area contributed by atoms with Gasteiger partial charge in [0, 0.05) is 5.39 Å². The van der Waals surface area contributed by atoms with Crippen LogP contribution in [0.3, 0.4) is 0 Å². The molecule has 1 aromatic carbocycles. The molecule has 3 N–H and O–H groups in total. The molecule has 0 aliphatic carbocycles. The fourth-order valence-corrected chi connectivity index (χ4v) is 1.44. The van der Waals surface area contributed by atoms with Gasteiger partial charge in [-0.1, -0.05) is 12.1 Å². The summed E-state index contributed by atoms with van der Waals surface area (Å²) in [5.41, 5.74) is 0.989. The van der Waals surface area contributed by atoms with Crippen molar-refractivity contribution in [1.29, 1.82) is 0 Å². The van der Waals surface area contributed by atoms with Crippen LogP contribution >= 0.6 is 0 Å². The van der Waals surface area contributed by atoms with Crippen LogP contribution in [-0.4, -0.2) is 25.6 Å². The van der Waals surface area contributed by atoms with Gasteiger partial charge in [0.25, 0.3) is 0 Å². The first-order valence-corrected chi connectivity index (χ1v) is 4.49. The van der Waals surface area contributed by atoms with Crippen molar-refractivity contribution in [1.82, 2.24) is 25.6 Å². The predicted molar refractivity (Wildman–Crippen MR) is 55.8 cm³/mol. The molecular weight excluding hydrogens is 192 g/mol. The van der Waals surface area contributed by atoms with E-state index in [1.54, 1.807) is 6.20 Å². The van der Waals surface area contributed by atoms with Gasteiger partial charge in [0.15, 0.2) is 11.6 Å². The van der Waals surface area contributed by atoms with Gasteiger partial charge in [-0.2, -0.15) is 15.4 Å². The lowest BCUT2D eigenvalue weighted by Gasteiger charge is -1.96. The van der Waals surface area contributed by atoms with E-state index in [4.69, 9.17) is 0 Å². The highest BCUT2D eigenvalue weighted by Crippen LogP contribution is 2.21. The van der Waals surface area contributed by atoms with Crippen LogP contribution in [0, 0.1) is 0 Å². The van der Waals surface area contributed by atoms with Gasteiger partial charge in [0.1, 0.15) is 0 Å². The number of aromatic nitrogens is 5. The molecule has 2 heterocycles. The summed E-state index contributed by atoms with van der Waals surface area (Å²) in [7, 11) is 0. The molecule has 0 fully saturated rings. The molecule has 2 aromatic heterocycles. The molecule has 3 rings (SSSR count). The molecule has 0 saturated carbocycles. The van der Waals surface area contributed by atoms with Crippen LogP contribution < -0.4 is 5.32 Å². The van der Waals surface area contributed by atoms with Crippen LogP contribution in [0.15, 0.2) is 30.5 Å². The predicted octanol–water partition coefficient (Wildman–Crippen LogP) is 1.42. The maximum atomic E-state index is 4.15. The van der Waals surface area contributed by atoms with E-state index in [0.29, 0.717) is 5.82 Å². The standard InChI is InChI=1S/C9H8N6/c1-2-4-7-6(3-1)9(14-12-7)11-8-5-10-15-13-8/h1-5H,(H3,10,11,12,13,14,15). The van der Waals surface area contributed by atoms with Gasteiger partial charge in [-0.25, -0.2) is 0 Å². The van der Waals surface area contributed by atoms with Gasteiger partial charge in [-0.3, -0.25) is 5.10 Å². The number of rotatable bonds is 2. The highest BCUT2D eigenvalue weighted by molar-refractivity contribution is 5.90. The summed E-state index contributed by atoms with van der Waals surface area (Å²) in [4.78, 5) is 0. The Morgan fingerprint density at radius 1 is 1.13 bits per heavy atom. The van der Waals surface area contributed by atoms with Crippen molar-refractivity contribution in [2.75, 3.05) is 5.32 Å². The Morgan fingerprint density at radius 2 is 2.07 bits per heavy atom. The van der Waals surface area contributed by atoms with Crippen molar-refractivity contribution >= 4 is 22.5 Å². The van der Waals surface area contributed by atoms with Crippen LogP contribution in [-0.2, 0) is 0 Å². The van der Waals surface area contributed by atoms with Crippen LogP contribution in [0.4, 0.5) is 11.6 Å². The zero-order chi connectivity index (χ0) is 10.1. The van der Waals surface area contributed by atoms with Gasteiger partial charge < -0.3 is 5.32 Å². The second-order valence-corrected chi connectivity index (χ2v) is 3.10. The van der Waals surface area contributed by atoms with E-state index in [1.807, 2.05) is 24.3 Å². The molecule has 15 heavy (non-hydrogen) atoms. The second kappa shape index (κ2) is 3.09. The third kappa shape index (κ3) is 1.32. The first-order chi connectivity index (χ1) is 7.43. The fourth-order valence-electron chi connectivity index (χ4n) is 1.44. The molecule has 6 heteroatoms. The Labute approximate surface area is 84.7 Å². The summed E-state index contributed by atoms with van der Waals surface area (Å²) in [6.45, 7) is 0. The number of anilines is 2. The van der Waals surface area contributed by atoms with Crippen molar-refractivity contribution in [3.8, 4) is 0 Å². The molecule has 74 valence electrons. The number of aromatic amines is 2. The zero-order valence-corrected chi connectivity index (χ0v) is 7.73. The Bertz CT molecular complexity index is 567. The van der Waals surface area contributed by atoms with E-state index >= 15 is 0 Å². The second-order valence-electron chi connectivity index (χ2n) is 3.10. The Balaban J connectivity index is 2.05. The minimum absolute atomic E-state index is 0.646. The minimum atomic E-state index is 0.646. The third-order valence-electron chi connectivity index (χ3n) is 2.13. The molecule has 0 aliphatic heterocycles. The molecular formula is C9H8N6. The fraction of sp³-hybridized carbons (Fsp3) is 0. The quantitative estimate of drug-likeness (QED) is 0.584. The first-order valence-electron chi connectivity index (χ1n) is 4.49. The normalized spacial score (nSPS) is 10.7. The van der Waals surface area contributed by atoms with Crippen molar-refractivity contribution < 1.29 is 0 Å². The number of para-hydroxylation sites is 1. The minimum Gasteiger partial charge on any atom is -0.320 e. The van der Waals surface area contributed by atoms with Gasteiger partial charge in [-0.05, 0) is 12.1 Å². The first kappa shape index (κ1) is 7.98. The summed E-state index contributed by atoms with van der Waals surface area (Å²) in [6, 6.07) is 7.88. The number of benzene rings is 1. The molecule has 6 nitrogen and oxygen atoms in total. The summed E-state index contributed by atoms with van der Waals surface area (Å²) in [5, 5.41) is 21.3. The number of hydrogen-bond acceptors (Lipinski definition) is 4. The van der Waals surface area contributed by atoms with Gasteiger partial charge >= 0.3 is 0 Å². The van der Waals surface area contributed by atoms with E-state index in [9.17, 15) is 0 Å². The number of hydrogen-bond donors (Lipinski definition) is 3. The SMILES string of the molecule is c1ccc2c(Nc3cn[nH]n3)n[nH]c2c1. The molecule has 3 aromatic rings. The zero-order valence-electron chi connectivity index (χ0n) is 7.73. The highest BCUT2D eigenvalue weighted by Gasteiger charge is 2.05. The third-order valence-corrected chi connectivity index (χ3v) is 2.13. The lowest BCUT2D eigenvalue weighted by molar-refractivity contribution is 0.941. The smallest absolute Gasteiger partial charge is 0.173 e. The number of nitrogens with one attached hydrogen (secondary N) is 3. The van der Waals surface area contributed by atoms with Crippen LogP contribution in [0.1, 0.15) is 0 Å². The van der Waals surface area contributed by atoms with Crippen LogP contribution in [0.5, 0.6) is 0 Å². The average molecular weight is 200 g/mol. The molecule has 0 radical (unpaired) electrons.